The zero-order chi connectivity index (χ0) is 12.5. The van der Waals surface area contributed by atoms with Gasteiger partial charge in [-0.15, -0.1) is 0 Å². The van der Waals surface area contributed by atoms with Crippen molar-refractivity contribution in [2.45, 2.75) is 19.6 Å². The molecule has 0 radical (unpaired) electrons. The summed E-state index contributed by atoms with van der Waals surface area (Å²) in [5.41, 5.74) is 6.66. The van der Waals surface area contributed by atoms with Crippen LogP contribution in [0, 0.1) is 0 Å². The molecule has 0 amide bonds. The zero-order valence-electron chi connectivity index (χ0n) is 10.5. The molecule has 96 valence electrons. The average molecular weight is 239 g/mol. The fourth-order valence-corrected chi connectivity index (χ4v) is 1.45. The zero-order valence-corrected chi connectivity index (χ0v) is 10.5. The summed E-state index contributed by atoms with van der Waals surface area (Å²) in [6.07, 6.45) is -0.0155. The number of rotatable bonds is 8. The van der Waals surface area contributed by atoms with Crippen LogP contribution in [-0.4, -0.2) is 33.0 Å². The van der Waals surface area contributed by atoms with Crippen LogP contribution in [0.5, 0.6) is 5.75 Å². The Hall–Kier alpha value is -1.10. The fraction of sp³-hybridized carbons (Fsp3) is 0.538. The first kappa shape index (κ1) is 14.0. The van der Waals surface area contributed by atoms with Crippen LogP contribution in [0.2, 0.25) is 0 Å². The van der Waals surface area contributed by atoms with Crippen molar-refractivity contribution in [1.82, 2.24) is 0 Å². The van der Waals surface area contributed by atoms with Gasteiger partial charge in [0.1, 0.15) is 5.75 Å². The van der Waals surface area contributed by atoms with Gasteiger partial charge in [0.15, 0.2) is 0 Å². The number of hydrogen-bond donors (Lipinski definition) is 1. The van der Waals surface area contributed by atoms with Crippen LogP contribution in [-0.2, 0) is 16.1 Å². The normalized spacial score (nSPS) is 12.4. The largest absolute Gasteiger partial charge is 0.497 e. The second-order valence-corrected chi connectivity index (χ2v) is 3.68. The molecule has 0 bridgehead atoms. The molecule has 0 aliphatic heterocycles. The van der Waals surface area contributed by atoms with E-state index in [4.69, 9.17) is 19.9 Å². The summed E-state index contributed by atoms with van der Waals surface area (Å²) in [4.78, 5) is 0. The minimum absolute atomic E-state index is 0.0155. The van der Waals surface area contributed by atoms with Gasteiger partial charge in [-0.25, -0.2) is 0 Å². The Morgan fingerprint density at radius 1 is 1.24 bits per heavy atom. The predicted octanol–water partition coefficient (Wildman–Crippen LogP) is 1.58. The lowest BCUT2D eigenvalue weighted by Crippen LogP contribution is -2.28. The Morgan fingerprint density at radius 2 is 1.94 bits per heavy atom. The number of benzene rings is 1. The highest BCUT2D eigenvalue weighted by Gasteiger charge is 2.05. The summed E-state index contributed by atoms with van der Waals surface area (Å²) >= 11 is 0. The molecule has 1 aromatic rings. The Labute approximate surface area is 103 Å². The molecule has 4 heteroatoms. The van der Waals surface area contributed by atoms with Gasteiger partial charge in [-0.2, -0.15) is 0 Å². The first-order valence-electron chi connectivity index (χ1n) is 5.82. The first-order chi connectivity index (χ1) is 8.30. The van der Waals surface area contributed by atoms with E-state index in [-0.39, 0.29) is 6.10 Å². The third-order valence-corrected chi connectivity index (χ3v) is 2.40. The summed E-state index contributed by atoms with van der Waals surface area (Å²) in [5.74, 6) is 0.850. The van der Waals surface area contributed by atoms with Crippen LogP contribution < -0.4 is 10.5 Å². The molecule has 0 aliphatic carbocycles. The van der Waals surface area contributed by atoms with Crippen molar-refractivity contribution in [3.63, 3.8) is 0 Å². The van der Waals surface area contributed by atoms with Gasteiger partial charge < -0.3 is 19.9 Å². The van der Waals surface area contributed by atoms with E-state index in [0.29, 0.717) is 26.4 Å². The van der Waals surface area contributed by atoms with E-state index in [0.717, 1.165) is 11.3 Å². The van der Waals surface area contributed by atoms with Crippen LogP contribution in [0.15, 0.2) is 24.3 Å². The molecule has 0 aromatic heterocycles. The van der Waals surface area contributed by atoms with Gasteiger partial charge in [0, 0.05) is 13.2 Å². The fourth-order valence-electron chi connectivity index (χ4n) is 1.45. The minimum Gasteiger partial charge on any atom is -0.497 e. The topological polar surface area (TPSA) is 53.7 Å². The number of nitrogens with two attached hydrogens (primary N) is 1. The van der Waals surface area contributed by atoms with E-state index in [1.807, 2.05) is 31.2 Å². The number of ether oxygens (including phenoxy) is 3. The van der Waals surface area contributed by atoms with Crippen LogP contribution in [0.25, 0.3) is 0 Å². The van der Waals surface area contributed by atoms with E-state index in [9.17, 15) is 0 Å². The molecule has 0 spiro atoms. The highest BCUT2D eigenvalue weighted by molar-refractivity contribution is 5.26. The molecule has 0 fully saturated rings. The Bertz CT molecular complexity index is 300. The van der Waals surface area contributed by atoms with Gasteiger partial charge in [-0.3, -0.25) is 0 Å². The van der Waals surface area contributed by atoms with E-state index in [2.05, 4.69) is 0 Å². The van der Waals surface area contributed by atoms with Gasteiger partial charge in [0.05, 0.1) is 26.4 Å². The second-order valence-electron chi connectivity index (χ2n) is 3.68. The van der Waals surface area contributed by atoms with Gasteiger partial charge in [0.25, 0.3) is 0 Å². The molecule has 4 nitrogen and oxygen atoms in total. The van der Waals surface area contributed by atoms with Gasteiger partial charge in [0.2, 0.25) is 0 Å². The molecule has 0 saturated carbocycles. The van der Waals surface area contributed by atoms with E-state index in [1.54, 1.807) is 7.11 Å². The summed E-state index contributed by atoms with van der Waals surface area (Å²) < 4.78 is 16.0. The summed E-state index contributed by atoms with van der Waals surface area (Å²) in [6.45, 7) is 4.18. The van der Waals surface area contributed by atoms with Gasteiger partial charge in [-0.05, 0) is 24.6 Å². The molecule has 0 aliphatic rings. The van der Waals surface area contributed by atoms with E-state index >= 15 is 0 Å². The molecule has 17 heavy (non-hydrogen) atoms. The van der Waals surface area contributed by atoms with Crippen molar-refractivity contribution in [2.24, 2.45) is 5.73 Å². The Morgan fingerprint density at radius 3 is 2.47 bits per heavy atom. The SMILES string of the molecule is CCOC(CN)COCc1ccc(OC)cc1. The summed E-state index contributed by atoms with van der Waals surface area (Å²) in [6, 6.07) is 7.80. The molecule has 2 N–H and O–H groups in total. The number of methoxy groups -OCH3 is 1. The lowest BCUT2D eigenvalue weighted by atomic mass is 10.2. The minimum atomic E-state index is -0.0155. The van der Waals surface area contributed by atoms with Crippen LogP contribution >= 0.6 is 0 Å². The lowest BCUT2D eigenvalue weighted by Gasteiger charge is -2.14. The Kier molecular flexibility index (Phi) is 6.62. The average Bonchev–Trinajstić information content (AvgIpc) is 2.38. The quantitative estimate of drug-likeness (QED) is 0.748. The first-order valence-corrected chi connectivity index (χ1v) is 5.82. The van der Waals surface area contributed by atoms with Crippen LogP contribution in [0.4, 0.5) is 0 Å². The monoisotopic (exact) mass is 239 g/mol. The van der Waals surface area contributed by atoms with Crippen LogP contribution in [0.1, 0.15) is 12.5 Å². The molecule has 1 rings (SSSR count). The molecule has 1 unspecified atom stereocenters. The third-order valence-electron chi connectivity index (χ3n) is 2.40. The van der Waals surface area contributed by atoms with Crippen molar-refractivity contribution in [1.29, 1.82) is 0 Å². The number of hydrogen-bond acceptors (Lipinski definition) is 4. The smallest absolute Gasteiger partial charge is 0.118 e. The highest BCUT2D eigenvalue weighted by atomic mass is 16.5. The van der Waals surface area contributed by atoms with E-state index in [1.165, 1.54) is 0 Å². The van der Waals surface area contributed by atoms with Crippen molar-refractivity contribution in [2.75, 3.05) is 26.9 Å². The van der Waals surface area contributed by atoms with Crippen LogP contribution in [0.3, 0.4) is 0 Å². The van der Waals surface area contributed by atoms with E-state index < -0.39 is 0 Å². The maximum Gasteiger partial charge on any atom is 0.118 e. The maximum atomic E-state index is 5.55. The van der Waals surface area contributed by atoms with Gasteiger partial charge >= 0.3 is 0 Å². The predicted molar refractivity (Wildman–Crippen MR) is 67.1 cm³/mol. The third kappa shape index (κ3) is 5.17. The Balaban J connectivity index is 2.29. The molecule has 1 atom stereocenters. The molecule has 1 aromatic carbocycles. The highest BCUT2D eigenvalue weighted by Crippen LogP contribution is 2.12. The van der Waals surface area contributed by atoms with Crippen molar-refractivity contribution >= 4 is 0 Å². The maximum absolute atomic E-state index is 5.55. The van der Waals surface area contributed by atoms with Crippen molar-refractivity contribution in [3.05, 3.63) is 29.8 Å². The molecular formula is C13H21NO3. The van der Waals surface area contributed by atoms with Gasteiger partial charge in [-0.1, -0.05) is 12.1 Å². The standard InChI is InChI=1S/C13H21NO3/c1-3-17-13(8-14)10-16-9-11-4-6-12(15-2)7-5-11/h4-7,13H,3,8-10,14H2,1-2H3. The molecule has 0 heterocycles. The summed E-state index contributed by atoms with van der Waals surface area (Å²) in [7, 11) is 1.65. The molecular weight excluding hydrogens is 218 g/mol. The lowest BCUT2D eigenvalue weighted by molar-refractivity contribution is -0.0120. The van der Waals surface area contributed by atoms with Crippen molar-refractivity contribution in [3.8, 4) is 5.75 Å². The van der Waals surface area contributed by atoms with Crippen molar-refractivity contribution < 1.29 is 14.2 Å². The molecule has 0 saturated heterocycles. The second kappa shape index (κ2) is 8.06. The summed E-state index contributed by atoms with van der Waals surface area (Å²) in [5, 5.41) is 0.